The molecule has 1 aliphatic heterocycles. The van der Waals surface area contributed by atoms with E-state index < -0.39 is 0 Å². The number of hydrogen-bond acceptors (Lipinski definition) is 3. The zero-order valence-corrected chi connectivity index (χ0v) is 13.6. The van der Waals surface area contributed by atoms with Crippen molar-refractivity contribution in [2.24, 2.45) is 0 Å². The van der Waals surface area contributed by atoms with Crippen LogP contribution in [-0.2, 0) is 4.79 Å². The van der Waals surface area contributed by atoms with Crippen LogP contribution in [0.4, 0.5) is 0 Å². The summed E-state index contributed by atoms with van der Waals surface area (Å²) in [5, 5.41) is 0. The lowest BCUT2D eigenvalue weighted by molar-refractivity contribution is -0.127. The van der Waals surface area contributed by atoms with Crippen LogP contribution in [-0.4, -0.2) is 54.4 Å². The molecule has 1 aliphatic rings. The van der Waals surface area contributed by atoms with Gasteiger partial charge in [0.15, 0.2) is 6.92 Å². The van der Waals surface area contributed by atoms with Gasteiger partial charge < -0.3 is 9.64 Å². The van der Waals surface area contributed by atoms with Gasteiger partial charge >= 0.3 is 5.91 Å². The van der Waals surface area contributed by atoms with Crippen molar-refractivity contribution in [3.05, 3.63) is 35.2 Å². The van der Waals surface area contributed by atoms with Crippen LogP contribution in [0.1, 0.15) is 17.3 Å². The highest BCUT2D eigenvalue weighted by Gasteiger charge is 2.25. The fraction of sp³-hybridized carbons (Fsp3) is 0.400. The van der Waals surface area contributed by atoms with Crippen molar-refractivity contribution in [2.45, 2.75) is 6.92 Å². The molecule has 1 saturated heterocycles. The van der Waals surface area contributed by atoms with Gasteiger partial charge in [0, 0.05) is 31.7 Å². The molecule has 1 aromatic carbocycles. The van der Waals surface area contributed by atoms with Gasteiger partial charge in [-0.25, -0.2) is 4.79 Å². The van der Waals surface area contributed by atoms with E-state index >= 15 is 0 Å². The summed E-state index contributed by atoms with van der Waals surface area (Å²) in [6.07, 6.45) is 0. The third-order valence-electron chi connectivity index (χ3n) is 3.40. The molecule has 5 nitrogen and oxygen atoms in total. The van der Waals surface area contributed by atoms with Crippen molar-refractivity contribution in [3.63, 3.8) is 0 Å². The minimum absolute atomic E-state index is 0.0420. The smallest absolute Gasteiger partial charge is 0.401 e. The highest BCUT2D eigenvalue weighted by molar-refractivity contribution is 9.10. The number of ether oxygens (including phenoxy) is 1. The molecule has 0 aliphatic carbocycles. The highest BCUT2D eigenvalue weighted by Crippen LogP contribution is 2.26. The maximum atomic E-state index is 12.5. The van der Waals surface area contributed by atoms with E-state index in [0.29, 0.717) is 44.1 Å². The molecule has 0 radical (unpaired) electrons. The van der Waals surface area contributed by atoms with Crippen LogP contribution in [0.2, 0.25) is 0 Å². The second kappa shape index (κ2) is 6.85. The Hall–Kier alpha value is -1.69. The molecule has 0 unspecified atom stereocenters. The van der Waals surface area contributed by atoms with Gasteiger partial charge in [-0.15, -0.1) is 0 Å². The predicted molar refractivity (Wildman–Crippen MR) is 83.2 cm³/mol. The number of rotatable bonds is 3. The molecule has 0 saturated carbocycles. The molecule has 112 valence electrons. The molecule has 0 spiro atoms. The number of carbonyl (C=O) groups is 2. The van der Waals surface area contributed by atoms with E-state index in [-0.39, 0.29) is 11.8 Å². The number of piperazine rings is 1. The molecule has 1 aromatic rings. The van der Waals surface area contributed by atoms with E-state index in [2.05, 4.69) is 22.9 Å². The van der Waals surface area contributed by atoms with Crippen LogP contribution in [0.25, 0.3) is 0 Å². The topological polar surface area (TPSA) is 49.9 Å². The summed E-state index contributed by atoms with van der Waals surface area (Å²) >= 11 is 3.40. The molecule has 1 heterocycles. The molecule has 2 amide bonds. The largest absolute Gasteiger partial charge is 0.493 e. The third-order valence-corrected chi connectivity index (χ3v) is 4.05. The summed E-state index contributed by atoms with van der Waals surface area (Å²) in [4.78, 5) is 27.1. The van der Waals surface area contributed by atoms with Crippen LogP contribution in [0.15, 0.2) is 22.7 Å². The Kier molecular flexibility index (Phi) is 5.12. The van der Waals surface area contributed by atoms with E-state index in [4.69, 9.17) is 4.74 Å². The second-order valence-electron chi connectivity index (χ2n) is 4.75. The first-order valence-corrected chi connectivity index (χ1v) is 7.64. The first-order valence-electron chi connectivity index (χ1n) is 6.85. The normalized spacial score (nSPS) is 15.0. The fourth-order valence-electron chi connectivity index (χ4n) is 2.24. The van der Waals surface area contributed by atoms with E-state index in [9.17, 15) is 9.59 Å². The number of hydrogen-bond donors (Lipinski definition) is 0. The number of amides is 2. The lowest BCUT2D eigenvalue weighted by Gasteiger charge is -2.32. The summed E-state index contributed by atoms with van der Waals surface area (Å²) in [6.45, 7) is 7.95. The van der Waals surface area contributed by atoms with Crippen LogP contribution in [0.3, 0.4) is 0 Å². The lowest BCUT2D eigenvalue weighted by atomic mass is 10.1. The average molecular weight is 354 g/mol. The molecule has 1 fully saturated rings. The first kappa shape index (κ1) is 15.7. The van der Waals surface area contributed by atoms with Gasteiger partial charge in [-0.3, -0.25) is 9.69 Å². The van der Waals surface area contributed by atoms with Crippen molar-refractivity contribution in [1.29, 1.82) is 0 Å². The zero-order valence-electron chi connectivity index (χ0n) is 12.0. The van der Waals surface area contributed by atoms with Crippen LogP contribution in [0, 0.1) is 6.92 Å². The zero-order chi connectivity index (χ0) is 15.4. The second-order valence-corrected chi connectivity index (χ2v) is 5.61. The molecule has 0 aromatic heterocycles. The van der Waals surface area contributed by atoms with E-state index in [1.165, 1.54) is 0 Å². The molecule has 0 atom stereocenters. The monoisotopic (exact) mass is 353 g/mol. The third kappa shape index (κ3) is 3.69. The lowest BCUT2D eigenvalue weighted by Crippen LogP contribution is -2.50. The summed E-state index contributed by atoms with van der Waals surface area (Å²) < 4.78 is 6.31. The maximum absolute atomic E-state index is 12.5. The minimum atomic E-state index is -0.190. The summed E-state index contributed by atoms with van der Waals surface area (Å²) in [5.41, 5.74) is 0.594. The van der Waals surface area contributed by atoms with Crippen molar-refractivity contribution in [1.82, 2.24) is 9.80 Å². The van der Waals surface area contributed by atoms with Crippen molar-refractivity contribution in [3.8, 4) is 5.75 Å². The highest BCUT2D eigenvalue weighted by atomic mass is 79.9. The summed E-state index contributed by atoms with van der Waals surface area (Å²) in [6, 6.07) is 5.33. The van der Waals surface area contributed by atoms with E-state index in [0.717, 1.165) is 4.47 Å². The Morgan fingerprint density at radius 3 is 2.43 bits per heavy atom. The number of nitrogens with zero attached hydrogens (tertiary/aromatic N) is 2. The minimum Gasteiger partial charge on any atom is -0.493 e. The van der Waals surface area contributed by atoms with Gasteiger partial charge in [0.2, 0.25) is 0 Å². The van der Waals surface area contributed by atoms with E-state index in [1.54, 1.807) is 21.9 Å². The SMILES string of the molecule is [CH2+]C(=O)N1CCN(C(=O)c2ccc(Br)c(OCC)c2)CC1. The van der Waals surface area contributed by atoms with Crippen LogP contribution in [0.5, 0.6) is 5.75 Å². The Balaban J connectivity index is 2.07. The Bertz CT molecular complexity index is 540. The Labute approximate surface area is 133 Å². The quantitative estimate of drug-likeness (QED) is 0.780. The molecule has 21 heavy (non-hydrogen) atoms. The summed E-state index contributed by atoms with van der Waals surface area (Å²) in [7, 11) is 0. The number of carbonyl (C=O) groups excluding carboxylic acids is 2. The van der Waals surface area contributed by atoms with Crippen molar-refractivity contribution < 1.29 is 14.3 Å². The first-order chi connectivity index (χ1) is 10.0. The molecule has 6 heteroatoms. The van der Waals surface area contributed by atoms with Crippen molar-refractivity contribution in [2.75, 3.05) is 32.8 Å². The fourth-order valence-corrected chi connectivity index (χ4v) is 2.61. The van der Waals surface area contributed by atoms with Crippen molar-refractivity contribution >= 4 is 27.7 Å². The molecule has 0 N–H and O–H groups in total. The maximum Gasteiger partial charge on any atom is 0.401 e. The van der Waals surface area contributed by atoms with E-state index in [1.807, 2.05) is 13.0 Å². The average Bonchev–Trinajstić information content (AvgIpc) is 2.49. The predicted octanol–water partition coefficient (Wildman–Crippen LogP) is 1.97. The number of halogens is 1. The van der Waals surface area contributed by atoms with Gasteiger partial charge in [-0.1, -0.05) is 0 Å². The van der Waals surface area contributed by atoms with Gasteiger partial charge in [-0.05, 0) is 41.1 Å². The van der Waals surface area contributed by atoms with Gasteiger partial charge in [-0.2, -0.15) is 0 Å². The Morgan fingerprint density at radius 2 is 1.86 bits per heavy atom. The van der Waals surface area contributed by atoms with Gasteiger partial charge in [0.25, 0.3) is 5.91 Å². The van der Waals surface area contributed by atoms with Crippen LogP contribution < -0.4 is 4.74 Å². The molecule has 2 rings (SSSR count). The molecular formula is C15H18BrN2O3+. The Morgan fingerprint density at radius 1 is 1.24 bits per heavy atom. The summed E-state index contributed by atoms with van der Waals surface area (Å²) in [5.74, 6) is 0.430. The van der Waals surface area contributed by atoms with Crippen LogP contribution >= 0.6 is 15.9 Å². The van der Waals surface area contributed by atoms with Gasteiger partial charge in [0.1, 0.15) is 5.75 Å². The molecular weight excluding hydrogens is 336 g/mol. The van der Waals surface area contributed by atoms with Gasteiger partial charge in [0.05, 0.1) is 11.1 Å². The standard InChI is InChI=1S/C15H18BrN2O3/c1-3-21-14-10-12(4-5-13(14)16)15(20)18-8-6-17(7-9-18)11(2)19/h4-5,10H,2-3,6-9H2,1H3/q+1. The number of benzene rings is 1. The molecule has 0 bridgehead atoms.